The zero-order valence-electron chi connectivity index (χ0n) is 8.53. The monoisotopic (exact) mass is 194 g/mol. The maximum absolute atomic E-state index is 9.01. The number of nitrogens with two attached hydrogens (primary N) is 1. The van der Waals surface area contributed by atoms with Crippen molar-refractivity contribution in [3.63, 3.8) is 0 Å². The highest BCUT2D eigenvalue weighted by Crippen LogP contribution is 2.05. The molecular weight excluding hydrogens is 176 g/mol. The molecule has 0 saturated carbocycles. The van der Waals surface area contributed by atoms with Crippen LogP contribution in [0.1, 0.15) is 12.5 Å². The van der Waals surface area contributed by atoms with Crippen LogP contribution in [0.3, 0.4) is 0 Å². The lowest BCUT2D eigenvalue weighted by Gasteiger charge is -2.06. The van der Waals surface area contributed by atoms with Crippen LogP contribution in [-0.4, -0.2) is 24.3 Å². The Morgan fingerprint density at radius 2 is 2.00 bits per heavy atom. The van der Waals surface area contributed by atoms with Crippen LogP contribution in [0.15, 0.2) is 24.3 Å². The summed E-state index contributed by atoms with van der Waals surface area (Å²) in [4.78, 5) is 0. The summed E-state index contributed by atoms with van der Waals surface area (Å²) in [6.07, 6.45) is 0.689. The molecule has 1 aromatic rings. The number of nitrogens with one attached hydrogen (secondary N) is 1. The lowest BCUT2D eigenvalue weighted by Crippen LogP contribution is -2.26. The number of hydrogen-bond acceptors (Lipinski definition) is 3. The van der Waals surface area contributed by atoms with Crippen LogP contribution >= 0.6 is 0 Å². The summed E-state index contributed by atoms with van der Waals surface area (Å²) in [6, 6.07) is 7.87. The third kappa shape index (κ3) is 4.25. The van der Waals surface area contributed by atoms with Crippen molar-refractivity contribution in [2.24, 2.45) is 0 Å². The number of aliphatic hydroxyl groups excluding tert-OH is 1. The Hall–Kier alpha value is -1.06. The zero-order chi connectivity index (χ0) is 10.4. The van der Waals surface area contributed by atoms with Gasteiger partial charge >= 0.3 is 0 Å². The summed E-state index contributed by atoms with van der Waals surface area (Å²) in [5, 5.41) is 12.2. The maximum atomic E-state index is 9.01. The summed E-state index contributed by atoms with van der Waals surface area (Å²) in [6.45, 7) is 3.31. The van der Waals surface area contributed by atoms with E-state index in [9.17, 15) is 0 Å². The van der Waals surface area contributed by atoms with Gasteiger partial charge in [-0.05, 0) is 37.6 Å². The van der Waals surface area contributed by atoms with Crippen molar-refractivity contribution in [2.45, 2.75) is 19.4 Å². The fourth-order valence-corrected chi connectivity index (χ4v) is 1.23. The van der Waals surface area contributed by atoms with Gasteiger partial charge in [0.25, 0.3) is 0 Å². The summed E-state index contributed by atoms with van der Waals surface area (Å²) in [5.74, 6) is 0. The van der Waals surface area contributed by atoms with E-state index < -0.39 is 0 Å². The molecule has 0 bridgehead atoms. The van der Waals surface area contributed by atoms with Gasteiger partial charge in [-0.15, -0.1) is 0 Å². The lowest BCUT2D eigenvalue weighted by atomic mass is 10.1. The average molecular weight is 194 g/mol. The first-order valence-electron chi connectivity index (χ1n) is 4.91. The second-order valence-corrected chi connectivity index (χ2v) is 3.54. The van der Waals surface area contributed by atoms with Crippen molar-refractivity contribution >= 4 is 5.69 Å². The zero-order valence-corrected chi connectivity index (χ0v) is 8.53. The van der Waals surface area contributed by atoms with E-state index in [1.807, 2.05) is 24.3 Å². The number of benzene rings is 1. The Kier molecular flexibility index (Phi) is 4.43. The van der Waals surface area contributed by atoms with Gasteiger partial charge in [0.15, 0.2) is 0 Å². The van der Waals surface area contributed by atoms with Crippen LogP contribution in [0.2, 0.25) is 0 Å². The van der Waals surface area contributed by atoms with Crippen molar-refractivity contribution in [2.75, 3.05) is 18.8 Å². The predicted octanol–water partition coefficient (Wildman–Crippen LogP) is 0.782. The Labute approximate surface area is 84.9 Å². The van der Waals surface area contributed by atoms with Gasteiger partial charge in [0.2, 0.25) is 0 Å². The first-order chi connectivity index (χ1) is 6.68. The van der Waals surface area contributed by atoms with E-state index in [1.54, 1.807) is 6.92 Å². The molecule has 0 radical (unpaired) electrons. The smallest absolute Gasteiger partial charge is 0.0636 e. The molecule has 1 aromatic carbocycles. The molecule has 14 heavy (non-hydrogen) atoms. The van der Waals surface area contributed by atoms with E-state index in [-0.39, 0.29) is 6.10 Å². The maximum Gasteiger partial charge on any atom is 0.0636 e. The molecule has 0 amide bonds. The Morgan fingerprint density at radius 3 is 2.57 bits per heavy atom. The number of anilines is 1. The van der Waals surface area contributed by atoms with Crippen molar-refractivity contribution < 1.29 is 5.11 Å². The molecule has 0 saturated heterocycles. The van der Waals surface area contributed by atoms with Crippen molar-refractivity contribution in [1.29, 1.82) is 0 Å². The highest BCUT2D eigenvalue weighted by atomic mass is 16.3. The molecular formula is C11H18N2O. The Balaban J connectivity index is 2.21. The van der Waals surface area contributed by atoms with Gasteiger partial charge in [0, 0.05) is 12.2 Å². The predicted molar refractivity (Wildman–Crippen MR) is 59.1 cm³/mol. The topological polar surface area (TPSA) is 58.3 Å². The van der Waals surface area contributed by atoms with Crippen molar-refractivity contribution in [3.05, 3.63) is 29.8 Å². The minimum Gasteiger partial charge on any atom is -0.399 e. The molecule has 78 valence electrons. The first kappa shape index (κ1) is 11.0. The van der Waals surface area contributed by atoms with E-state index in [2.05, 4.69) is 5.32 Å². The number of rotatable bonds is 5. The molecule has 1 atom stereocenters. The molecule has 0 heterocycles. The molecule has 0 spiro atoms. The second kappa shape index (κ2) is 5.62. The largest absolute Gasteiger partial charge is 0.399 e. The molecule has 0 fully saturated rings. The third-order valence-corrected chi connectivity index (χ3v) is 2.01. The molecule has 1 rings (SSSR count). The van der Waals surface area contributed by atoms with Crippen LogP contribution in [0.25, 0.3) is 0 Å². The van der Waals surface area contributed by atoms with Crippen LogP contribution in [-0.2, 0) is 6.42 Å². The fourth-order valence-electron chi connectivity index (χ4n) is 1.23. The molecule has 4 N–H and O–H groups in total. The minimum absolute atomic E-state index is 0.276. The highest BCUT2D eigenvalue weighted by molar-refractivity contribution is 5.39. The van der Waals surface area contributed by atoms with Crippen LogP contribution in [0.5, 0.6) is 0 Å². The first-order valence-corrected chi connectivity index (χ1v) is 4.91. The minimum atomic E-state index is -0.276. The van der Waals surface area contributed by atoms with Crippen LogP contribution in [0.4, 0.5) is 5.69 Å². The van der Waals surface area contributed by atoms with Crippen LogP contribution in [0, 0.1) is 0 Å². The van der Waals surface area contributed by atoms with Gasteiger partial charge in [-0.25, -0.2) is 0 Å². The molecule has 3 nitrogen and oxygen atoms in total. The van der Waals surface area contributed by atoms with E-state index in [1.165, 1.54) is 5.56 Å². The normalized spacial score (nSPS) is 12.7. The van der Waals surface area contributed by atoms with Gasteiger partial charge in [-0.3, -0.25) is 0 Å². The molecule has 0 aromatic heterocycles. The second-order valence-electron chi connectivity index (χ2n) is 3.54. The van der Waals surface area contributed by atoms with Gasteiger partial charge in [0.05, 0.1) is 6.10 Å². The lowest BCUT2D eigenvalue weighted by molar-refractivity contribution is 0.191. The third-order valence-electron chi connectivity index (χ3n) is 2.01. The van der Waals surface area contributed by atoms with Crippen molar-refractivity contribution in [1.82, 2.24) is 5.32 Å². The number of nitrogen functional groups attached to an aromatic ring is 1. The van der Waals surface area contributed by atoms with Gasteiger partial charge in [-0.2, -0.15) is 0 Å². The van der Waals surface area contributed by atoms with E-state index >= 15 is 0 Å². The Bertz CT molecular complexity index is 256. The average Bonchev–Trinajstić information content (AvgIpc) is 2.15. The van der Waals surface area contributed by atoms with Gasteiger partial charge in [-0.1, -0.05) is 12.1 Å². The standard InChI is InChI=1S/C11H18N2O/c1-9(14)8-13-7-6-10-2-4-11(12)5-3-10/h2-5,9,13-14H,6-8,12H2,1H3. The van der Waals surface area contributed by atoms with E-state index in [4.69, 9.17) is 10.8 Å². The summed E-state index contributed by atoms with van der Waals surface area (Å²) in [5.41, 5.74) is 7.63. The molecule has 0 aliphatic heterocycles. The van der Waals surface area contributed by atoms with E-state index in [0.29, 0.717) is 6.54 Å². The number of aliphatic hydroxyl groups is 1. The fraction of sp³-hybridized carbons (Fsp3) is 0.455. The van der Waals surface area contributed by atoms with Crippen LogP contribution < -0.4 is 11.1 Å². The summed E-state index contributed by atoms with van der Waals surface area (Å²) < 4.78 is 0. The summed E-state index contributed by atoms with van der Waals surface area (Å²) >= 11 is 0. The molecule has 3 heteroatoms. The van der Waals surface area contributed by atoms with Crippen molar-refractivity contribution in [3.8, 4) is 0 Å². The molecule has 1 unspecified atom stereocenters. The quantitative estimate of drug-likeness (QED) is 0.479. The summed E-state index contributed by atoms with van der Waals surface area (Å²) in [7, 11) is 0. The highest BCUT2D eigenvalue weighted by Gasteiger charge is 1.95. The Morgan fingerprint density at radius 1 is 1.36 bits per heavy atom. The number of hydrogen-bond donors (Lipinski definition) is 3. The van der Waals surface area contributed by atoms with E-state index in [0.717, 1.165) is 18.7 Å². The van der Waals surface area contributed by atoms with Gasteiger partial charge < -0.3 is 16.2 Å². The molecule has 0 aliphatic rings. The molecule has 0 aliphatic carbocycles. The van der Waals surface area contributed by atoms with Gasteiger partial charge in [0.1, 0.15) is 0 Å². The SMILES string of the molecule is CC(O)CNCCc1ccc(N)cc1.